The topological polar surface area (TPSA) is 55.7 Å². The van der Waals surface area contributed by atoms with Gasteiger partial charge in [0.1, 0.15) is 13.1 Å². The summed E-state index contributed by atoms with van der Waals surface area (Å²) in [7, 11) is 0. The summed E-state index contributed by atoms with van der Waals surface area (Å²) >= 11 is 13.4. The molecule has 24 heavy (non-hydrogen) atoms. The number of thiazole rings is 1. The van der Waals surface area contributed by atoms with Gasteiger partial charge in [-0.15, -0.1) is 11.3 Å². The number of morpholine rings is 1. The first-order valence-electron chi connectivity index (χ1n) is 7.70. The number of amides is 1. The van der Waals surface area contributed by atoms with E-state index in [4.69, 9.17) is 27.9 Å². The number of carbonyl (C=O) groups is 1. The number of benzene rings is 1. The molecule has 0 spiro atoms. The molecule has 0 saturated carbocycles. The SMILES string of the molecule is O=C(C[NH+]1CCOCC1)Nc1ncc(Cc2ccc(Cl)c(Cl)c2)s1. The van der Waals surface area contributed by atoms with Gasteiger partial charge >= 0.3 is 0 Å². The van der Waals surface area contributed by atoms with E-state index >= 15 is 0 Å². The first kappa shape index (κ1) is 17.6. The van der Waals surface area contributed by atoms with E-state index in [-0.39, 0.29) is 5.91 Å². The predicted octanol–water partition coefficient (Wildman–Crippen LogP) is 1.89. The molecule has 1 saturated heterocycles. The normalized spacial score (nSPS) is 15.4. The molecule has 0 unspecified atom stereocenters. The lowest BCUT2D eigenvalue weighted by atomic mass is 10.1. The summed E-state index contributed by atoms with van der Waals surface area (Å²) in [5.74, 6) is -0.0117. The van der Waals surface area contributed by atoms with Crippen molar-refractivity contribution in [2.75, 3.05) is 38.2 Å². The third kappa shape index (κ3) is 4.91. The number of carbonyl (C=O) groups excluding carboxylic acids is 1. The van der Waals surface area contributed by atoms with Crippen molar-refractivity contribution < 1.29 is 14.4 Å². The van der Waals surface area contributed by atoms with E-state index in [9.17, 15) is 4.79 Å². The van der Waals surface area contributed by atoms with Crippen molar-refractivity contribution in [2.24, 2.45) is 0 Å². The number of anilines is 1. The minimum absolute atomic E-state index is 0.0117. The van der Waals surface area contributed by atoms with Gasteiger partial charge < -0.3 is 9.64 Å². The van der Waals surface area contributed by atoms with Gasteiger partial charge in [0.25, 0.3) is 5.91 Å². The Morgan fingerprint density at radius 2 is 2.08 bits per heavy atom. The molecule has 0 radical (unpaired) electrons. The third-order valence-corrected chi connectivity index (χ3v) is 5.42. The summed E-state index contributed by atoms with van der Waals surface area (Å²) in [6.45, 7) is 3.62. The number of nitrogens with zero attached hydrogens (tertiary/aromatic N) is 1. The summed E-state index contributed by atoms with van der Waals surface area (Å²) in [5, 5.41) is 4.59. The highest BCUT2D eigenvalue weighted by atomic mass is 35.5. The molecule has 0 atom stereocenters. The lowest BCUT2D eigenvalue weighted by molar-refractivity contribution is -0.899. The van der Waals surface area contributed by atoms with Crippen LogP contribution >= 0.6 is 34.5 Å². The minimum atomic E-state index is -0.0117. The fraction of sp³-hybridized carbons (Fsp3) is 0.375. The molecule has 5 nitrogen and oxygen atoms in total. The standard InChI is InChI=1S/C16H17Cl2N3O2S/c17-13-2-1-11(8-14(13)18)7-12-9-19-16(24-12)20-15(22)10-21-3-5-23-6-4-21/h1-2,8-9H,3-7,10H2,(H,19,20,22)/p+1. The van der Waals surface area contributed by atoms with Crippen LogP contribution in [0.3, 0.4) is 0 Å². The second-order valence-corrected chi connectivity index (χ2v) is 7.57. The van der Waals surface area contributed by atoms with Gasteiger partial charge in [0.05, 0.1) is 23.3 Å². The zero-order chi connectivity index (χ0) is 16.9. The maximum atomic E-state index is 12.1. The van der Waals surface area contributed by atoms with Crippen LogP contribution < -0.4 is 10.2 Å². The van der Waals surface area contributed by atoms with Crippen molar-refractivity contribution in [3.8, 4) is 0 Å². The second kappa shape index (κ2) is 8.27. The van der Waals surface area contributed by atoms with Gasteiger partial charge in [-0.25, -0.2) is 4.98 Å². The maximum absolute atomic E-state index is 12.1. The molecule has 128 valence electrons. The molecule has 1 aliphatic heterocycles. The van der Waals surface area contributed by atoms with Crippen molar-refractivity contribution in [3.63, 3.8) is 0 Å². The largest absolute Gasteiger partial charge is 0.370 e. The Labute approximate surface area is 154 Å². The zero-order valence-corrected chi connectivity index (χ0v) is 15.3. The fourth-order valence-corrected chi connectivity index (χ4v) is 3.71. The first-order chi connectivity index (χ1) is 11.6. The van der Waals surface area contributed by atoms with Crippen LogP contribution in [-0.4, -0.2) is 43.7 Å². The lowest BCUT2D eigenvalue weighted by Gasteiger charge is -2.22. The van der Waals surface area contributed by atoms with Crippen LogP contribution in [0.25, 0.3) is 0 Å². The van der Waals surface area contributed by atoms with E-state index in [0.717, 1.165) is 23.5 Å². The van der Waals surface area contributed by atoms with Gasteiger partial charge in [0.15, 0.2) is 11.7 Å². The summed E-state index contributed by atoms with van der Waals surface area (Å²) < 4.78 is 5.29. The predicted molar refractivity (Wildman–Crippen MR) is 96.4 cm³/mol. The Morgan fingerprint density at radius 3 is 2.83 bits per heavy atom. The van der Waals surface area contributed by atoms with E-state index in [1.54, 1.807) is 12.3 Å². The summed E-state index contributed by atoms with van der Waals surface area (Å²) in [6.07, 6.45) is 2.49. The van der Waals surface area contributed by atoms with E-state index in [0.29, 0.717) is 41.4 Å². The number of rotatable bonds is 5. The average molecular weight is 387 g/mol. The van der Waals surface area contributed by atoms with Crippen LogP contribution in [0.1, 0.15) is 10.4 Å². The van der Waals surface area contributed by atoms with Gasteiger partial charge in [-0.1, -0.05) is 29.3 Å². The van der Waals surface area contributed by atoms with E-state index in [1.807, 2.05) is 12.1 Å². The number of quaternary nitrogens is 1. The molecule has 1 aliphatic rings. The highest BCUT2D eigenvalue weighted by Gasteiger charge is 2.18. The lowest BCUT2D eigenvalue weighted by Crippen LogP contribution is -3.15. The second-order valence-electron chi connectivity index (χ2n) is 5.64. The Bertz CT molecular complexity index is 717. The van der Waals surface area contributed by atoms with Gasteiger partial charge in [-0.2, -0.15) is 0 Å². The number of hydrogen-bond donors (Lipinski definition) is 2. The minimum Gasteiger partial charge on any atom is -0.370 e. The average Bonchev–Trinajstić information content (AvgIpc) is 2.98. The number of nitrogens with one attached hydrogen (secondary N) is 2. The van der Waals surface area contributed by atoms with Crippen LogP contribution in [-0.2, 0) is 16.0 Å². The molecule has 0 bridgehead atoms. The molecule has 1 fully saturated rings. The van der Waals surface area contributed by atoms with Gasteiger partial charge in [0, 0.05) is 17.5 Å². The van der Waals surface area contributed by atoms with Crippen molar-refractivity contribution in [1.82, 2.24) is 4.98 Å². The molecule has 1 amide bonds. The molecule has 3 rings (SSSR count). The van der Waals surface area contributed by atoms with Gasteiger partial charge in [-0.05, 0) is 17.7 Å². The van der Waals surface area contributed by atoms with E-state index < -0.39 is 0 Å². The van der Waals surface area contributed by atoms with Crippen LogP contribution in [0.2, 0.25) is 10.0 Å². The first-order valence-corrected chi connectivity index (χ1v) is 9.27. The van der Waals surface area contributed by atoms with Crippen molar-refractivity contribution in [1.29, 1.82) is 0 Å². The van der Waals surface area contributed by atoms with Gasteiger partial charge in [0.2, 0.25) is 0 Å². The van der Waals surface area contributed by atoms with E-state index in [2.05, 4.69) is 10.3 Å². The third-order valence-electron chi connectivity index (χ3n) is 3.77. The zero-order valence-electron chi connectivity index (χ0n) is 13.0. The molecule has 1 aromatic carbocycles. The Hall–Kier alpha value is -1.18. The highest BCUT2D eigenvalue weighted by molar-refractivity contribution is 7.15. The van der Waals surface area contributed by atoms with Crippen molar-refractivity contribution in [3.05, 3.63) is 44.9 Å². The molecule has 2 aromatic rings. The summed E-state index contributed by atoms with van der Waals surface area (Å²) in [5.41, 5.74) is 1.06. The molecule has 0 aliphatic carbocycles. The quantitative estimate of drug-likeness (QED) is 0.824. The smallest absolute Gasteiger partial charge is 0.281 e. The number of ether oxygens (including phenoxy) is 1. The van der Waals surface area contributed by atoms with E-state index in [1.165, 1.54) is 16.2 Å². The maximum Gasteiger partial charge on any atom is 0.281 e. The highest BCUT2D eigenvalue weighted by Crippen LogP contribution is 2.26. The van der Waals surface area contributed by atoms with Crippen LogP contribution in [0.4, 0.5) is 5.13 Å². The van der Waals surface area contributed by atoms with Crippen LogP contribution in [0.15, 0.2) is 24.4 Å². The van der Waals surface area contributed by atoms with Crippen molar-refractivity contribution in [2.45, 2.75) is 6.42 Å². The number of aromatic nitrogens is 1. The molecular weight excluding hydrogens is 369 g/mol. The van der Waals surface area contributed by atoms with Crippen molar-refractivity contribution >= 4 is 45.6 Å². The van der Waals surface area contributed by atoms with Crippen LogP contribution in [0.5, 0.6) is 0 Å². The fourth-order valence-electron chi connectivity index (χ4n) is 2.53. The van der Waals surface area contributed by atoms with Crippen LogP contribution in [0, 0.1) is 0 Å². The Morgan fingerprint density at radius 1 is 1.29 bits per heavy atom. The molecule has 8 heteroatoms. The number of hydrogen-bond acceptors (Lipinski definition) is 4. The molecule has 2 heterocycles. The monoisotopic (exact) mass is 386 g/mol. The Balaban J connectivity index is 1.54. The van der Waals surface area contributed by atoms with Gasteiger partial charge in [-0.3, -0.25) is 10.1 Å². The Kier molecular flexibility index (Phi) is 6.08. The number of halogens is 2. The summed E-state index contributed by atoms with van der Waals surface area (Å²) in [4.78, 5) is 18.7. The summed E-state index contributed by atoms with van der Waals surface area (Å²) in [6, 6.07) is 5.58. The molecule has 1 aromatic heterocycles. The molecular formula is C16H18Cl2N3O2S+. The molecule has 2 N–H and O–H groups in total.